The summed E-state index contributed by atoms with van der Waals surface area (Å²) in [5, 5.41) is 9.21. The van der Waals surface area contributed by atoms with Gasteiger partial charge in [0.2, 0.25) is 10.0 Å². The van der Waals surface area contributed by atoms with Crippen LogP contribution in [0.1, 0.15) is 19.5 Å². The van der Waals surface area contributed by atoms with Gasteiger partial charge in [-0.3, -0.25) is 10.0 Å². The Morgan fingerprint density at radius 3 is 2.43 bits per heavy atom. The molecule has 0 bridgehead atoms. The van der Waals surface area contributed by atoms with E-state index in [2.05, 4.69) is 4.98 Å². The molecule has 0 aliphatic carbocycles. The highest BCUT2D eigenvalue weighted by atomic mass is 32.2. The lowest BCUT2D eigenvalue weighted by atomic mass is 10.1. The fourth-order valence-corrected chi connectivity index (χ4v) is 4.56. The standard InChI is InChI=1S/C18H26N4O5S/c1-13(2)10-22(28(25,26)16-7-5-15(27-4)6-8-16)17(18(23)20-24)9-14-11-21(3)12-19-14/h5-8,11-13,17,24H,9-10H2,1-4H3,(H,20,23). The quantitative estimate of drug-likeness (QED) is 0.474. The number of carbonyl (C=O) groups is 1. The Kier molecular flexibility index (Phi) is 7.17. The Hall–Kier alpha value is -2.43. The Morgan fingerprint density at radius 2 is 1.96 bits per heavy atom. The van der Waals surface area contributed by atoms with E-state index in [4.69, 9.17) is 4.74 Å². The van der Waals surface area contributed by atoms with E-state index in [1.807, 2.05) is 13.8 Å². The first-order chi connectivity index (χ1) is 13.2. The number of imidazole rings is 1. The largest absolute Gasteiger partial charge is 0.497 e. The number of amides is 1. The molecule has 1 amide bonds. The zero-order valence-electron chi connectivity index (χ0n) is 16.4. The molecule has 0 aliphatic heterocycles. The van der Waals surface area contributed by atoms with E-state index in [9.17, 15) is 18.4 Å². The van der Waals surface area contributed by atoms with E-state index >= 15 is 0 Å². The van der Waals surface area contributed by atoms with Gasteiger partial charge in [0.05, 0.1) is 24.0 Å². The van der Waals surface area contributed by atoms with Gasteiger partial charge in [-0.25, -0.2) is 18.9 Å². The van der Waals surface area contributed by atoms with Crippen molar-refractivity contribution >= 4 is 15.9 Å². The first kappa shape index (κ1) is 21.9. The summed E-state index contributed by atoms with van der Waals surface area (Å²) >= 11 is 0. The Bertz CT molecular complexity index is 893. The molecule has 154 valence electrons. The molecule has 2 aromatic rings. The van der Waals surface area contributed by atoms with Crippen LogP contribution in [-0.4, -0.2) is 53.1 Å². The summed E-state index contributed by atoms with van der Waals surface area (Å²) in [4.78, 5) is 16.6. The van der Waals surface area contributed by atoms with Crippen LogP contribution in [0.4, 0.5) is 0 Å². The zero-order chi connectivity index (χ0) is 20.9. The summed E-state index contributed by atoms with van der Waals surface area (Å²) in [6.07, 6.45) is 3.29. The molecule has 0 fully saturated rings. The maximum absolute atomic E-state index is 13.3. The Labute approximate surface area is 165 Å². The summed E-state index contributed by atoms with van der Waals surface area (Å²) in [7, 11) is -0.753. The van der Waals surface area contributed by atoms with Crippen LogP contribution in [0.25, 0.3) is 0 Å². The summed E-state index contributed by atoms with van der Waals surface area (Å²) in [5.41, 5.74) is 2.12. The van der Waals surface area contributed by atoms with E-state index in [1.165, 1.54) is 19.2 Å². The van der Waals surface area contributed by atoms with Crippen molar-refractivity contribution < 1.29 is 23.2 Å². The molecule has 0 saturated heterocycles. The maximum atomic E-state index is 13.3. The molecule has 0 saturated carbocycles. The number of nitrogens with zero attached hydrogens (tertiary/aromatic N) is 3. The van der Waals surface area contributed by atoms with Gasteiger partial charge in [-0.2, -0.15) is 4.31 Å². The lowest BCUT2D eigenvalue weighted by Gasteiger charge is -2.30. The fraction of sp³-hybridized carbons (Fsp3) is 0.444. The van der Waals surface area contributed by atoms with E-state index in [-0.39, 0.29) is 23.8 Å². The van der Waals surface area contributed by atoms with Crippen LogP contribution in [0.2, 0.25) is 0 Å². The minimum atomic E-state index is -4.02. The van der Waals surface area contributed by atoms with E-state index in [0.717, 1.165) is 4.31 Å². The Morgan fingerprint density at radius 1 is 1.32 bits per heavy atom. The molecule has 1 heterocycles. The second-order valence-corrected chi connectivity index (χ2v) is 8.76. The average molecular weight is 410 g/mol. The smallest absolute Gasteiger partial charge is 0.262 e. The third kappa shape index (κ3) is 5.09. The lowest BCUT2D eigenvalue weighted by Crippen LogP contribution is -2.51. The molecule has 2 rings (SSSR count). The summed E-state index contributed by atoms with van der Waals surface area (Å²) in [5.74, 6) is -0.346. The molecule has 0 spiro atoms. The van der Waals surface area contributed by atoms with Crippen molar-refractivity contribution in [1.29, 1.82) is 0 Å². The highest BCUT2D eigenvalue weighted by Crippen LogP contribution is 2.24. The number of nitrogens with one attached hydrogen (secondary N) is 1. The zero-order valence-corrected chi connectivity index (χ0v) is 17.2. The van der Waals surface area contributed by atoms with Crippen LogP contribution in [0.15, 0.2) is 41.7 Å². The van der Waals surface area contributed by atoms with Crippen LogP contribution in [0.3, 0.4) is 0 Å². The minimum absolute atomic E-state index is 0.0232. The maximum Gasteiger partial charge on any atom is 0.262 e. The normalized spacial score (nSPS) is 13.0. The minimum Gasteiger partial charge on any atom is -0.497 e. The van der Waals surface area contributed by atoms with Crippen molar-refractivity contribution in [1.82, 2.24) is 19.3 Å². The molecule has 2 N–H and O–H groups in total. The van der Waals surface area contributed by atoms with Gasteiger partial charge in [0.25, 0.3) is 5.91 Å². The molecule has 0 aliphatic rings. The first-order valence-electron chi connectivity index (χ1n) is 8.75. The van der Waals surface area contributed by atoms with Crippen molar-refractivity contribution in [3.05, 3.63) is 42.5 Å². The number of carbonyl (C=O) groups excluding carboxylic acids is 1. The highest BCUT2D eigenvalue weighted by Gasteiger charge is 2.36. The van der Waals surface area contributed by atoms with Gasteiger partial charge in [0, 0.05) is 26.2 Å². The van der Waals surface area contributed by atoms with Crippen molar-refractivity contribution in [2.45, 2.75) is 31.2 Å². The predicted molar refractivity (Wildman–Crippen MR) is 102 cm³/mol. The first-order valence-corrected chi connectivity index (χ1v) is 10.2. The second kappa shape index (κ2) is 9.18. The summed E-state index contributed by atoms with van der Waals surface area (Å²) in [6.45, 7) is 3.80. The van der Waals surface area contributed by atoms with Gasteiger partial charge in [-0.15, -0.1) is 0 Å². The Balaban J connectivity index is 2.47. The van der Waals surface area contributed by atoms with Gasteiger partial charge in [-0.05, 0) is 30.2 Å². The highest BCUT2D eigenvalue weighted by molar-refractivity contribution is 7.89. The lowest BCUT2D eigenvalue weighted by molar-refractivity contribution is -0.133. The molecule has 9 nitrogen and oxygen atoms in total. The number of aryl methyl sites for hydroxylation is 1. The second-order valence-electron chi connectivity index (χ2n) is 6.87. The van der Waals surface area contributed by atoms with E-state index in [0.29, 0.717) is 11.4 Å². The van der Waals surface area contributed by atoms with Crippen molar-refractivity contribution in [3.8, 4) is 5.75 Å². The average Bonchev–Trinajstić information content (AvgIpc) is 3.08. The molecular weight excluding hydrogens is 384 g/mol. The molecule has 1 aromatic heterocycles. The monoisotopic (exact) mass is 410 g/mol. The van der Waals surface area contributed by atoms with Gasteiger partial charge in [0.1, 0.15) is 11.8 Å². The van der Waals surface area contributed by atoms with Gasteiger partial charge in [0.15, 0.2) is 0 Å². The molecule has 28 heavy (non-hydrogen) atoms. The van der Waals surface area contributed by atoms with Gasteiger partial charge < -0.3 is 9.30 Å². The molecule has 1 atom stereocenters. The fourth-order valence-electron chi connectivity index (χ4n) is 2.81. The molecule has 10 heteroatoms. The molecule has 1 aromatic carbocycles. The van der Waals surface area contributed by atoms with E-state index < -0.39 is 22.0 Å². The number of aromatic nitrogens is 2. The number of hydroxylamine groups is 1. The predicted octanol–water partition coefficient (Wildman–Crippen LogP) is 1.19. The third-order valence-electron chi connectivity index (χ3n) is 4.13. The van der Waals surface area contributed by atoms with Crippen molar-refractivity contribution in [2.24, 2.45) is 13.0 Å². The number of hydrogen-bond donors (Lipinski definition) is 2. The van der Waals surface area contributed by atoms with Crippen molar-refractivity contribution in [2.75, 3.05) is 13.7 Å². The summed E-state index contributed by atoms with van der Waals surface area (Å²) < 4.78 is 34.5. The van der Waals surface area contributed by atoms with Crippen LogP contribution in [-0.2, 0) is 28.3 Å². The van der Waals surface area contributed by atoms with Gasteiger partial charge in [-0.1, -0.05) is 13.8 Å². The molecule has 1 unspecified atom stereocenters. The number of ether oxygens (including phenoxy) is 1. The number of hydrogen-bond acceptors (Lipinski definition) is 6. The summed E-state index contributed by atoms with van der Waals surface area (Å²) in [6, 6.07) is 4.78. The number of methoxy groups -OCH3 is 1. The van der Waals surface area contributed by atoms with Crippen LogP contribution >= 0.6 is 0 Å². The van der Waals surface area contributed by atoms with Crippen LogP contribution in [0, 0.1) is 5.92 Å². The van der Waals surface area contributed by atoms with Gasteiger partial charge >= 0.3 is 0 Å². The SMILES string of the molecule is COc1ccc(S(=O)(=O)N(CC(C)C)C(Cc2cn(C)cn2)C(=O)NO)cc1. The van der Waals surface area contributed by atoms with E-state index in [1.54, 1.807) is 41.8 Å². The number of benzene rings is 1. The topological polar surface area (TPSA) is 114 Å². The van der Waals surface area contributed by atoms with Crippen molar-refractivity contribution in [3.63, 3.8) is 0 Å². The number of rotatable bonds is 9. The molecule has 0 radical (unpaired) electrons. The molecular formula is C18H26N4O5S. The third-order valence-corrected chi connectivity index (χ3v) is 6.02. The number of sulfonamides is 1. The van der Waals surface area contributed by atoms with Crippen LogP contribution in [0.5, 0.6) is 5.75 Å². The van der Waals surface area contributed by atoms with Crippen LogP contribution < -0.4 is 10.2 Å².